The summed E-state index contributed by atoms with van der Waals surface area (Å²) in [5.74, 6) is -2.35. The first-order valence-electron chi connectivity index (χ1n) is 41.7. The van der Waals surface area contributed by atoms with Crippen LogP contribution in [0.1, 0.15) is 297 Å². The van der Waals surface area contributed by atoms with Gasteiger partial charge < -0.3 is 33.8 Å². The zero-order chi connectivity index (χ0) is 80.3. The summed E-state index contributed by atoms with van der Waals surface area (Å²) in [6.07, 6.45) is 99.7. The Morgan fingerprint density at radius 1 is 0.264 bits per heavy atom. The minimum atomic E-state index is -5.02. The molecule has 19 heteroatoms. The maximum Gasteiger partial charge on any atom is 0.472 e. The Kier molecular flexibility index (Phi) is 76.4. The highest BCUT2D eigenvalue weighted by molar-refractivity contribution is 7.47. The molecule has 0 aromatic heterocycles. The Balaban J connectivity index is 5.54. The third-order valence-corrected chi connectivity index (χ3v) is 18.4. The summed E-state index contributed by atoms with van der Waals surface area (Å²) in [6, 6.07) is 0. The highest BCUT2D eigenvalue weighted by atomic mass is 31.2. The number of aliphatic hydroxyl groups is 1. The molecule has 0 heterocycles. The number of phosphoric acid groups is 2. The molecule has 622 valence electrons. The summed E-state index contributed by atoms with van der Waals surface area (Å²) >= 11 is 0. The van der Waals surface area contributed by atoms with Gasteiger partial charge in [0.15, 0.2) is 12.2 Å². The molecule has 0 aromatic rings. The number of carbonyl (C=O) groups excluding carboxylic acids is 4. The van der Waals surface area contributed by atoms with Crippen LogP contribution in [0.2, 0.25) is 0 Å². The second-order valence-corrected chi connectivity index (χ2v) is 29.8. The number of rotatable bonds is 76. The van der Waals surface area contributed by atoms with Crippen LogP contribution in [-0.4, -0.2) is 96.7 Å². The van der Waals surface area contributed by atoms with E-state index in [1.807, 2.05) is 12.2 Å². The Morgan fingerprint density at radius 3 is 0.773 bits per heavy atom. The van der Waals surface area contributed by atoms with Crippen molar-refractivity contribution in [1.82, 2.24) is 0 Å². The van der Waals surface area contributed by atoms with E-state index in [4.69, 9.17) is 37.0 Å². The first-order chi connectivity index (χ1) is 53.7. The molecule has 0 aliphatic rings. The fourth-order valence-corrected chi connectivity index (χ4v) is 11.8. The third kappa shape index (κ3) is 80.0. The fourth-order valence-electron chi connectivity index (χ4n) is 10.2. The monoisotopic (exact) mass is 1570 g/mol. The van der Waals surface area contributed by atoms with Gasteiger partial charge in [0.05, 0.1) is 26.4 Å². The van der Waals surface area contributed by atoms with E-state index in [1.54, 1.807) is 0 Å². The summed E-state index contributed by atoms with van der Waals surface area (Å²) in [4.78, 5) is 73.2. The van der Waals surface area contributed by atoms with Crippen LogP contribution in [0.5, 0.6) is 0 Å². The summed E-state index contributed by atoms with van der Waals surface area (Å²) in [6.45, 7) is 4.42. The number of phosphoric ester groups is 2. The Bertz CT molecular complexity index is 2850. The molecule has 17 nitrogen and oxygen atoms in total. The van der Waals surface area contributed by atoms with Crippen molar-refractivity contribution in [1.29, 1.82) is 0 Å². The van der Waals surface area contributed by atoms with Crippen LogP contribution in [0, 0.1) is 0 Å². The molecule has 0 radical (unpaired) electrons. The lowest BCUT2D eigenvalue weighted by atomic mass is 10.1. The summed E-state index contributed by atoms with van der Waals surface area (Å²) < 4.78 is 68.6. The summed E-state index contributed by atoms with van der Waals surface area (Å²) in [5, 5.41) is 10.7. The van der Waals surface area contributed by atoms with E-state index in [-0.39, 0.29) is 25.7 Å². The molecule has 0 rings (SSSR count). The Hall–Kier alpha value is -6.10. The fraction of sp³-hybridized carbons (Fsp3) is 0.604. The second-order valence-electron chi connectivity index (χ2n) is 26.9. The highest BCUT2D eigenvalue weighted by Crippen LogP contribution is 2.45. The number of carbonyl (C=O) groups is 4. The van der Waals surface area contributed by atoms with E-state index in [0.29, 0.717) is 32.1 Å². The van der Waals surface area contributed by atoms with E-state index in [1.165, 1.54) is 38.5 Å². The van der Waals surface area contributed by atoms with Crippen molar-refractivity contribution < 1.29 is 80.2 Å². The molecule has 0 aliphatic carbocycles. The van der Waals surface area contributed by atoms with E-state index in [9.17, 15) is 43.2 Å². The molecule has 0 aliphatic heterocycles. The van der Waals surface area contributed by atoms with Crippen molar-refractivity contribution >= 4 is 39.5 Å². The van der Waals surface area contributed by atoms with E-state index in [0.717, 1.165) is 173 Å². The molecular weight excluding hydrogens is 1430 g/mol. The number of allylic oxidation sites excluding steroid dienone is 32. The highest BCUT2D eigenvalue weighted by Gasteiger charge is 2.30. The van der Waals surface area contributed by atoms with Crippen LogP contribution in [0.25, 0.3) is 0 Å². The van der Waals surface area contributed by atoms with Crippen LogP contribution >= 0.6 is 15.6 Å². The average Bonchev–Trinajstić information content (AvgIpc) is 0.907. The molecule has 0 saturated carbocycles. The van der Waals surface area contributed by atoms with Crippen molar-refractivity contribution in [3.8, 4) is 0 Å². The molecule has 0 aromatic carbocycles. The van der Waals surface area contributed by atoms with Crippen LogP contribution in [-0.2, 0) is 65.4 Å². The van der Waals surface area contributed by atoms with Crippen molar-refractivity contribution in [2.45, 2.75) is 316 Å². The first kappa shape index (κ1) is 104. The van der Waals surface area contributed by atoms with Crippen LogP contribution in [0.3, 0.4) is 0 Å². The first-order valence-corrected chi connectivity index (χ1v) is 44.7. The molecule has 0 amide bonds. The van der Waals surface area contributed by atoms with Gasteiger partial charge in [0, 0.05) is 25.7 Å². The van der Waals surface area contributed by atoms with Gasteiger partial charge in [-0.15, -0.1) is 0 Å². The van der Waals surface area contributed by atoms with Crippen LogP contribution < -0.4 is 0 Å². The van der Waals surface area contributed by atoms with Gasteiger partial charge in [-0.1, -0.05) is 280 Å². The van der Waals surface area contributed by atoms with E-state index >= 15 is 0 Å². The zero-order valence-corrected chi connectivity index (χ0v) is 69.9. The Labute approximate surface area is 666 Å². The standard InChI is InChI=1S/C91H146O17P2/c1-5-9-13-17-21-25-29-33-37-40-42-45-49-53-57-61-65-69-73-77-90(95)107-86(81-101-88(93)75-71-67-63-59-55-51-47-36-32-28-24-20-16-12-8-4)83-105-109(97,98)103-79-85(92)80-104-110(99,100)106-84-87(82-102-89(94)76-72-68-64-60-56-52-48-44-39-35-31-27-23-19-15-11-7-3)108-91(96)78-74-70-66-62-58-54-50-46-43-41-38-34-30-26-22-18-14-10-6-2/h9-10,13-14,21-28,33-39,42-43,45-48,52-54,57-58,60,64,85-87,92H,5-8,11-12,15-20,29-32,40-41,44,49-51,55-56,59,61-63,65-84H2,1-4H3,(H,97,98)(H,99,100)/b13-9-,14-10-,25-21-,26-22-,27-23-,28-24-,37-33-,38-34-,39-35-,45-42-,46-43-,47-36-,52-48-,57-53-,58-54-,64-60-/t85-,86+,87+/m0/s1. The van der Waals surface area contributed by atoms with Gasteiger partial charge >= 0.3 is 39.5 Å². The normalized spacial score (nSPS) is 14.8. The van der Waals surface area contributed by atoms with E-state index in [2.05, 4.69) is 210 Å². The lowest BCUT2D eigenvalue weighted by molar-refractivity contribution is -0.161. The van der Waals surface area contributed by atoms with Crippen LogP contribution in [0.4, 0.5) is 0 Å². The van der Waals surface area contributed by atoms with Crippen molar-refractivity contribution in [2.24, 2.45) is 0 Å². The smallest absolute Gasteiger partial charge is 0.462 e. The lowest BCUT2D eigenvalue weighted by Gasteiger charge is -2.21. The topological polar surface area (TPSA) is 237 Å². The molecule has 2 unspecified atom stereocenters. The van der Waals surface area contributed by atoms with Gasteiger partial charge in [0.2, 0.25) is 0 Å². The van der Waals surface area contributed by atoms with E-state index < -0.39 is 97.5 Å². The molecular formula is C91H146O17P2. The van der Waals surface area contributed by atoms with Gasteiger partial charge in [-0.2, -0.15) is 0 Å². The maximum atomic E-state index is 13.1. The minimum absolute atomic E-state index is 0.0352. The van der Waals surface area contributed by atoms with Gasteiger partial charge in [-0.3, -0.25) is 37.3 Å². The molecule has 3 N–H and O–H groups in total. The molecule has 5 atom stereocenters. The van der Waals surface area contributed by atoms with Gasteiger partial charge in [0.25, 0.3) is 0 Å². The summed E-state index contributed by atoms with van der Waals surface area (Å²) in [7, 11) is -10.0. The second kappa shape index (κ2) is 80.9. The average molecular weight is 1570 g/mol. The number of unbranched alkanes of at least 4 members (excludes halogenated alkanes) is 18. The van der Waals surface area contributed by atoms with Crippen molar-refractivity contribution in [3.63, 3.8) is 0 Å². The quantitative estimate of drug-likeness (QED) is 0.0169. The summed E-state index contributed by atoms with van der Waals surface area (Å²) in [5.41, 5.74) is 0. The number of hydrogen-bond acceptors (Lipinski definition) is 15. The minimum Gasteiger partial charge on any atom is -0.462 e. The molecule has 0 spiro atoms. The van der Waals surface area contributed by atoms with Gasteiger partial charge in [-0.25, -0.2) is 9.13 Å². The molecule has 0 fully saturated rings. The SMILES string of the molecule is CC/C=C\C/C=C\C/C=C\C/C=C\C/C=C\CCCCCC(=O)O[C@H](COC(=O)CCC/C=C\C/C=C\C/C=C\C/C=C\CCCCC)COP(=O)(O)OC[C@@H](O)COP(=O)(O)OC[C@@H](COC(=O)CCCCCCC/C=C\C/C=C\CCCCC)OC(=O)CCCCC/C=C\C/C=C\C/C=C\C/C=C\C/C=C\CC. The molecule has 0 bridgehead atoms. The lowest BCUT2D eigenvalue weighted by Crippen LogP contribution is -2.30. The van der Waals surface area contributed by atoms with Crippen molar-refractivity contribution in [2.75, 3.05) is 39.6 Å². The third-order valence-electron chi connectivity index (χ3n) is 16.5. The molecule has 0 saturated heterocycles. The zero-order valence-electron chi connectivity index (χ0n) is 68.1. The van der Waals surface area contributed by atoms with Crippen LogP contribution in [0.15, 0.2) is 194 Å². The van der Waals surface area contributed by atoms with Gasteiger partial charge in [-0.05, 0) is 186 Å². The number of aliphatic hydroxyl groups excluding tert-OH is 1. The predicted molar refractivity (Wildman–Crippen MR) is 454 cm³/mol. The van der Waals surface area contributed by atoms with Crippen molar-refractivity contribution in [3.05, 3.63) is 194 Å². The largest absolute Gasteiger partial charge is 0.472 e. The molecule has 110 heavy (non-hydrogen) atoms. The van der Waals surface area contributed by atoms with Gasteiger partial charge in [0.1, 0.15) is 19.3 Å². The maximum absolute atomic E-state index is 13.1. The predicted octanol–water partition coefficient (Wildman–Crippen LogP) is 24.9. The number of ether oxygens (including phenoxy) is 4. The Morgan fingerprint density at radius 2 is 0.482 bits per heavy atom. The number of esters is 4. The number of hydrogen-bond donors (Lipinski definition) is 3.